The van der Waals surface area contributed by atoms with Crippen molar-refractivity contribution in [1.82, 2.24) is 0 Å². The van der Waals surface area contributed by atoms with Gasteiger partial charge in [-0.3, -0.25) is 0 Å². The molecule has 0 spiro atoms. The minimum Gasteiger partial charge on any atom is -0.0815 e. The summed E-state index contributed by atoms with van der Waals surface area (Å²) in [6.45, 7) is 6.72. The Balaban J connectivity index is 0.00000137. The van der Waals surface area contributed by atoms with Crippen molar-refractivity contribution in [2.75, 3.05) is 0 Å². The van der Waals surface area contributed by atoms with E-state index in [2.05, 4.69) is 6.92 Å². The van der Waals surface area contributed by atoms with Crippen LogP contribution in [0.5, 0.6) is 0 Å². The number of hydrogen-bond acceptors (Lipinski definition) is 0. The molecule has 0 aromatic heterocycles. The first-order chi connectivity index (χ1) is 8.49. The second-order valence-electron chi connectivity index (χ2n) is 5.07. The molecule has 1 atom stereocenters. The summed E-state index contributed by atoms with van der Waals surface area (Å²) < 4.78 is 0. The SMILES string of the molecule is CC.[B][B]B(B([B])[B])B(B([B])[B])B1CCC[C@@H]1C. The van der Waals surface area contributed by atoms with Crippen molar-refractivity contribution in [2.24, 2.45) is 0 Å². The van der Waals surface area contributed by atoms with Crippen molar-refractivity contribution in [1.29, 1.82) is 0 Å². The maximum atomic E-state index is 5.88. The molecule has 1 saturated heterocycles. The van der Waals surface area contributed by atoms with Gasteiger partial charge in [-0.2, -0.15) is 0 Å². The van der Waals surface area contributed by atoms with Gasteiger partial charge in [0.25, 0.3) is 0 Å². The zero-order chi connectivity index (χ0) is 14.3. The van der Waals surface area contributed by atoms with E-state index >= 15 is 0 Å². The molecule has 77 valence electrons. The Morgan fingerprint density at radius 2 is 1.67 bits per heavy atom. The monoisotopic (exact) mass is 221 g/mol. The molecule has 1 fully saturated rings. The molecule has 0 bridgehead atoms. The van der Waals surface area contributed by atoms with Gasteiger partial charge in [-0.25, -0.2) is 0 Å². The van der Waals surface area contributed by atoms with Gasteiger partial charge in [0.15, 0.2) is 0 Å². The highest BCUT2D eigenvalue weighted by Gasteiger charge is 2.41. The zero-order valence-electron chi connectivity index (χ0n) is 12.0. The van der Waals surface area contributed by atoms with E-state index in [1.807, 2.05) is 13.8 Å². The van der Waals surface area contributed by atoms with Crippen LogP contribution in [0.1, 0.15) is 33.6 Å². The normalized spacial score (nSPS) is 17.5. The third kappa shape index (κ3) is 5.01. The Morgan fingerprint density at radius 3 is 1.94 bits per heavy atom. The smallest absolute Gasteiger partial charge is 0.0815 e. The Hall–Kier alpha value is 0.714. The largest absolute Gasteiger partial charge is 0.0938 e. The Bertz CT molecular complexity index is 208. The Morgan fingerprint density at radius 1 is 1.11 bits per heavy atom. The molecule has 1 aliphatic heterocycles. The predicted octanol–water partition coefficient (Wildman–Crippen LogP) is -1.07. The van der Waals surface area contributed by atoms with Crippen LogP contribution in [0, 0.1) is 0 Å². The topological polar surface area (TPSA) is 0 Å². The van der Waals surface area contributed by atoms with E-state index in [-0.39, 0.29) is 12.8 Å². The highest BCUT2D eigenvalue weighted by atomic mass is 14.0. The summed E-state index contributed by atoms with van der Waals surface area (Å²) in [5.74, 6) is 0.626. The summed E-state index contributed by atoms with van der Waals surface area (Å²) in [7, 11) is 30.5. The van der Waals surface area contributed by atoms with Crippen molar-refractivity contribution < 1.29 is 0 Å². The highest BCUT2D eigenvalue weighted by Crippen LogP contribution is 2.31. The van der Waals surface area contributed by atoms with E-state index in [1.165, 1.54) is 12.8 Å². The molecule has 18 heavy (non-hydrogen) atoms. The average Bonchev–Trinajstić information content (AvgIpc) is 2.73. The first-order valence-electron chi connectivity index (χ1n) is 7.06. The van der Waals surface area contributed by atoms with Gasteiger partial charge in [-0.15, -0.1) is 0 Å². The minimum atomic E-state index is -0.489. The van der Waals surface area contributed by atoms with E-state index in [0.717, 1.165) is 6.32 Å². The lowest BCUT2D eigenvalue weighted by molar-refractivity contribution is 0.820. The summed E-state index contributed by atoms with van der Waals surface area (Å²) in [6.07, 6.45) is 2.68. The summed E-state index contributed by atoms with van der Waals surface area (Å²) >= 11 is 0. The molecule has 1 heterocycles. The lowest BCUT2D eigenvalue weighted by Gasteiger charge is -2.33. The molecule has 11 radical (unpaired) electrons. The minimum absolute atomic E-state index is 0.0856. The van der Waals surface area contributed by atoms with Gasteiger partial charge in [0.1, 0.15) is 0 Å². The van der Waals surface area contributed by atoms with E-state index in [0.29, 0.717) is 12.4 Å². The van der Waals surface area contributed by atoms with Crippen molar-refractivity contribution in [3.05, 3.63) is 0 Å². The van der Waals surface area contributed by atoms with Gasteiger partial charge in [-0.05, 0) is 0 Å². The molecular weight excluding hydrogens is 203 g/mol. The zero-order valence-corrected chi connectivity index (χ0v) is 12.0. The van der Waals surface area contributed by atoms with Crippen LogP contribution in [0.2, 0.25) is 12.1 Å². The molecular formula is C7H16B11. The molecule has 0 amide bonds. The fourth-order valence-electron chi connectivity index (χ4n) is 3.09. The molecule has 11 heteroatoms. The lowest BCUT2D eigenvalue weighted by atomic mass is 8.53. The summed E-state index contributed by atoms with van der Waals surface area (Å²) in [5.41, 5.74) is 0. The second-order valence-corrected chi connectivity index (χ2v) is 5.07. The number of rotatable bonds is 5. The van der Waals surface area contributed by atoms with Crippen molar-refractivity contribution in [2.45, 2.75) is 45.8 Å². The van der Waals surface area contributed by atoms with Gasteiger partial charge in [0, 0.05) is 71.3 Å². The predicted molar refractivity (Wildman–Crippen MR) is 98.1 cm³/mol. The standard InChI is InChI=1S/C5H10B11.C2H6/c1-5-3-2-4-12(5)16(14(9)10)15(11-6)13(7)8;1-2/h5H,2-4H2,1H3;1-2H3/t5-;/m0./s1. The van der Waals surface area contributed by atoms with Crippen LogP contribution in [0.3, 0.4) is 0 Å². The molecule has 0 aromatic rings. The molecule has 0 aliphatic carbocycles. The van der Waals surface area contributed by atoms with Crippen molar-refractivity contribution in [3.8, 4) is 0 Å². The van der Waals surface area contributed by atoms with Gasteiger partial charge in [-0.1, -0.05) is 45.8 Å². The lowest BCUT2D eigenvalue weighted by Crippen LogP contribution is -2.68. The third-order valence-corrected chi connectivity index (χ3v) is 3.98. The highest BCUT2D eigenvalue weighted by molar-refractivity contribution is 8.03. The van der Waals surface area contributed by atoms with E-state index < -0.39 is 12.8 Å². The van der Waals surface area contributed by atoms with Crippen LogP contribution in [-0.2, 0) is 0 Å². The summed E-state index contributed by atoms with van der Waals surface area (Å²) in [4.78, 5) is 0. The fraction of sp³-hybridized carbons (Fsp3) is 1.00. The first kappa shape index (κ1) is 18.7. The van der Waals surface area contributed by atoms with Crippen molar-refractivity contribution >= 4 is 77.9 Å². The number of hydrogen-bond donors (Lipinski definition) is 0. The van der Waals surface area contributed by atoms with Crippen LogP contribution in [0.4, 0.5) is 0 Å². The van der Waals surface area contributed by atoms with E-state index in [1.54, 1.807) is 7.06 Å². The molecule has 0 aromatic carbocycles. The fourth-order valence-corrected chi connectivity index (χ4v) is 3.09. The van der Waals surface area contributed by atoms with Gasteiger partial charge < -0.3 is 0 Å². The molecule has 1 aliphatic rings. The third-order valence-electron chi connectivity index (χ3n) is 3.98. The van der Waals surface area contributed by atoms with Crippen LogP contribution in [0.15, 0.2) is 0 Å². The molecule has 1 rings (SSSR count). The Kier molecular flexibility index (Phi) is 9.97. The van der Waals surface area contributed by atoms with Crippen molar-refractivity contribution in [3.63, 3.8) is 0 Å². The maximum Gasteiger partial charge on any atom is 0.0938 e. The van der Waals surface area contributed by atoms with Crippen LogP contribution in [-0.4, -0.2) is 77.9 Å². The van der Waals surface area contributed by atoms with Crippen LogP contribution < -0.4 is 0 Å². The van der Waals surface area contributed by atoms with E-state index in [4.69, 9.17) is 38.7 Å². The molecule has 0 saturated carbocycles. The molecule has 0 nitrogen and oxygen atoms in total. The first-order valence-corrected chi connectivity index (χ1v) is 7.06. The van der Waals surface area contributed by atoms with E-state index in [9.17, 15) is 0 Å². The Labute approximate surface area is 124 Å². The molecule has 0 unspecified atom stereocenters. The maximum absolute atomic E-state index is 5.88. The van der Waals surface area contributed by atoms with Gasteiger partial charge in [0.2, 0.25) is 0 Å². The van der Waals surface area contributed by atoms with Crippen LogP contribution in [0.25, 0.3) is 0 Å². The summed E-state index contributed by atoms with van der Waals surface area (Å²) in [5, 5.41) is 0. The molecule has 0 N–H and O–H groups in total. The average molecular weight is 219 g/mol. The van der Waals surface area contributed by atoms with Gasteiger partial charge in [0.05, 0.1) is 6.60 Å². The van der Waals surface area contributed by atoms with Crippen LogP contribution >= 0.6 is 0 Å². The summed E-state index contributed by atoms with van der Waals surface area (Å²) in [6, 6.07) is 0. The quantitative estimate of drug-likeness (QED) is 0.516. The second kappa shape index (κ2) is 9.59. The van der Waals surface area contributed by atoms with Gasteiger partial charge >= 0.3 is 0 Å².